The lowest BCUT2D eigenvalue weighted by atomic mass is 10.2. The lowest BCUT2D eigenvalue weighted by molar-refractivity contribution is -0.129. The van der Waals surface area contributed by atoms with E-state index < -0.39 is 0 Å². The maximum atomic E-state index is 11.5. The van der Waals surface area contributed by atoms with Crippen LogP contribution >= 0.6 is 0 Å². The van der Waals surface area contributed by atoms with Gasteiger partial charge in [-0.1, -0.05) is 60.7 Å². The fourth-order valence-electron chi connectivity index (χ4n) is 1.53. The van der Waals surface area contributed by atoms with Crippen molar-refractivity contribution < 1.29 is 9.63 Å². The minimum Gasteiger partial charge on any atom is -0.269 e. The SMILES string of the molecule is O=C(C=Cc1ccccc1)NOCc1ccccc1. The van der Waals surface area contributed by atoms with E-state index in [-0.39, 0.29) is 5.91 Å². The first-order valence-corrected chi connectivity index (χ1v) is 6.03. The van der Waals surface area contributed by atoms with E-state index in [4.69, 9.17) is 4.84 Å². The van der Waals surface area contributed by atoms with Crippen LogP contribution in [-0.2, 0) is 16.2 Å². The lowest BCUT2D eigenvalue weighted by Gasteiger charge is -2.03. The standard InChI is InChI=1S/C16H15NO2/c18-16(12-11-14-7-3-1-4-8-14)17-19-13-15-9-5-2-6-10-15/h1-12H,13H2,(H,17,18). The summed E-state index contributed by atoms with van der Waals surface area (Å²) in [6.45, 7) is 0.353. The molecule has 0 radical (unpaired) electrons. The second-order valence-electron chi connectivity index (χ2n) is 3.98. The first-order chi connectivity index (χ1) is 9.34. The van der Waals surface area contributed by atoms with Crippen molar-refractivity contribution in [3.8, 4) is 0 Å². The molecule has 0 spiro atoms. The largest absolute Gasteiger partial charge is 0.269 e. The van der Waals surface area contributed by atoms with Crippen LogP contribution in [-0.4, -0.2) is 5.91 Å². The minimum atomic E-state index is -0.278. The molecule has 0 heterocycles. The van der Waals surface area contributed by atoms with Gasteiger partial charge >= 0.3 is 0 Å². The van der Waals surface area contributed by atoms with Crippen molar-refractivity contribution in [1.29, 1.82) is 0 Å². The molecule has 0 saturated heterocycles. The van der Waals surface area contributed by atoms with Crippen molar-refractivity contribution in [2.24, 2.45) is 0 Å². The third-order valence-electron chi connectivity index (χ3n) is 2.48. The van der Waals surface area contributed by atoms with Crippen LogP contribution in [0.25, 0.3) is 6.08 Å². The Balaban J connectivity index is 1.75. The van der Waals surface area contributed by atoms with Crippen LogP contribution in [0.5, 0.6) is 0 Å². The second kappa shape index (κ2) is 7.13. The number of hydroxylamine groups is 1. The number of rotatable bonds is 5. The van der Waals surface area contributed by atoms with E-state index in [1.807, 2.05) is 60.7 Å². The molecule has 3 heteroatoms. The van der Waals surface area contributed by atoms with E-state index in [0.29, 0.717) is 6.61 Å². The van der Waals surface area contributed by atoms with Gasteiger partial charge in [0.15, 0.2) is 0 Å². The Labute approximate surface area is 112 Å². The topological polar surface area (TPSA) is 38.3 Å². The predicted octanol–water partition coefficient (Wildman–Crippen LogP) is 2.95. The Hall–Kier alpha value is -2.39. The van der Waals surface area contributed by atoms with Crippen molar-refractivity contribution in [2.75, 3.05) is 0 Å². The van der Waals surface area contributed by atoms with Crippen LogP contribution < -0.4 is 5.48 Å². The molecule has 0 bridgehead atoms. The van der Waals surface area contributed by atoms with Crippen molar-refractivity contribution in [1.82, 2.24) is 5.48 Å². The normalized spacial score (nSPS) is 10.5. The zero-order valence-electron chi connectivity index (χ0n) is 10.5. The molecule has 0 atom stereocenters. The fourth-order valence-corrected chi connectivity index (χ4v) is 1.53. The van der Waals surface area contributed by atoms with Gasteiger partial charge in [-0.3, -0.25) is 9.63 Å². The highest BCUT2D eigenvalue weighted by molar-refractivity contribution is 5.90. The number of carbonyl (C=O) groups is 1. The molecule has 1 amide bonds. The summed E-state index contributed by atoms with van der Waals surface area (Å²) in [5, 5.41) is 0. The Bertz CT molecular complexity index is 535. The molecule has 2 rings (SSSR count). The Morgan fingerprint density at radius 2 is 1.63 bits per heavy atom. The fraction of sp³-hybridized carbons (Fsp3) is 0.0625. The molecule has 0 aromatic heterocycles. The Morgan fingerprint density at radius 1 is 1.00 bits per heavy atom. The minimum absolute atomic E-state index is 0.278. The molecule has 19 heavy (non-hydrogen) atoms. The van der Waals surface area contributed by atoms with Gasteiger partial charge in [-0.15, -0.1) is 0 Å². The van der Waals surface area contributed by atoms with Crippen LogP contribution in [0.4, 0.5) is 0 Å². The van der Waals surface area contributed by atoms with Crippen LogP contribution in [0.2, 0.25) is 0 Å². The van der Waals surface area contributed by atoms with Gasteiger partial charge in [0.1, 0.15) is 0 Å². The molecule has 2 aromatic carbocycles. The van der Waals surface area contributed by atoms with Gasteiger partial charge in [0, 0.05) is 6.08 Å². The molecule has 96 valence electrons. The Morgan fingerprint density at radius 3 is 2.32 bits per heavy atom. The zero-order valence-corrected chi connectivity index (χ0v) is 10.5. The molecule has 0 aliphatic carbocycles. The number of benzene rings is 2. The molecule has 1 N–H and O–H groups in total. The predicted molar refractivity (Wildman–Crippen MR) is 74.8 cm³/mol. The van der Waals surface area contributed by atoms with E-state index in [2.05, 4.69) is 5.48 Å². The highest BCUT2D eigenvalue weighted by Crippen LogP contribution is 2.01. The smallest absolute Gasteiger partial charge is 0.267 e. The summed E-state index contributed by atoms with van der Waals surface area (Å²) in [6.07, 6.45) is 3.18. The zero-order chi connectivity index (χ0) is 13.3. The monoisotopic (exact) mass is 253 g/mol. The highest BCUT2D eigenvalue weighted by atomic mass is 16.6. The molecule has 2 aromatic rings. The molecule has 0 aliphatic heterocycles. The van der Waals surface area contributed by atoms with Gasteiger partial charge in [-0.2, -0.15) is 0 Å². The average molecular weight is 253 g/mol. The van der Waals surface area contributed by atoms with Gasteiger partial charge in [-0.25, -0.2) is 5.48 Å². The van der Waals surface area contributed by atoms with Crippen molar-refractivity contribution in [3.63, 3.8) is 0 Å². The van der Waals surface area contributed by atoms with Crippen LogP contribution in [0.15, 0.2) is 66.7 Å². The van der Waals surface area contributed by atoms with Gasteiger partial charge in [0.25, 0.3) is 5.91 Å². The highest BCUT2D eigenvalue weighted by Gasteiger charge is 1.96. The first kappa shape index (κ1) is 13.1. The molecule has 0 saturated carbocycles. The van der Waals surface area contributed by atoms with Crippen molar-refractivity contribution in [3.05, 3.63) is 77.9 Å². The van der Waals surface area contributed by atoms with E-state index in [0.717, 1.165) is 11.1 Å². The summed E-state index contributed by atoms with van der Waals surface area (Å²) in [5.41, 5.74) is 4.36. The van der Waals surface area contributed by atoms with Crippen molar-refractivity contribution in [2.45, 2.75) is 6.61 Å². The molecule has 3 nitrogen and oxygen atoms in total. The molecule has 0 fully saturated rings. The van der Waals surface area contributed by atoms with Gasteiger partial charge in [-0.05, 0) is 17.2 Å². The molecule has 0 aliphatic rings. The van der Waals surface area contributed by atoms with E-state index >= 15 is 0 Å². The van der Waals surface area contributed by atoms with Crippen LogP contribution in [0.3, 0.4) is 0 Å². The van der Waals surface area contributed by atoms with Gasteiger partial charge < -0.3 is 0 Å². The van der Waals surface area contributed by atoms with Crippen LogP contribution in [0.1, 0.15) is 11.1 Å². The maximum absolute atomic E-state index is 11.5. The number of carbonyl (C=O) groups excluding carboxylic acids is 1. The van der Waals surface area contributed by atoms with E-state index in [9.17, 15) is 4.79 Å². The number of amides is 1. The van der Waals surface area contributed by atoms with Crippen LogP contribution in [0, 0.1) is 0 Å². The summed E-state index contributed by atoms with van der Waals surface area (Å²) in [4.78, 5) is 16.6. The number of hydrogen-bond acceptors (Lipinski definition) is 2. The average Bonchev–Trinajstić information content (AvgIpc) is 2.47. The van der Waals surface area contributed by atoms with Gasteiger partial charge in [0.05, 0.1) is 6.61 Å². The Kier molecular flexibility index (Phi) is 4.90. The van der Waals surface area contributed by atoms with E-state index in [1.54, 1.807) is 6.08 Å². The third kappa shape index (κ3) is 4.77. The molecule has 0 unspecified atom stereocenters. The lowest BCUT2D eigenvalue weighted by Crippen LogP contribution is -2.21. The molecular formula is C16H15NO2. The van der Waals surface area contributed by atoms with E-state index in [1.165, 1.54) is 6.08 Å². The molecular weight excluding hydrogens is 238 g/mol. The summed E-state index contributed by atoms with van der Waals surface area (Å²) >= 11 is 0. The second-order valence-corrected chi connectivity index (χ2v) is 3.98. The van der Waals surface area contributed by atoms with Gasteiger partial charge in [0.2, 0.25) is 0 Å². The third-order valence-corrected chi connectivity index (χ3v) is 2.48. The summed E-state index contributed by atoms with van der Waals surface area (Å²) in [7, 11) is 0. The number of nitrogens with one attached hydrogen (secondary N) is 1. The quantitative estimate of drug-likeness (QED) is 0.657. The summed E-state index contributed by atoms with van der Waals surface area (Å²) in [6, 6.07) is 19.3. The summed E-state index contributed by atoms with van der Waals surface area (Å²) < 4.78 is 0. The number of hydrogen-bond donors (Lipinski definition) is 1. The summed E-state index contributed by atoms with van der Waals surface area (Å²) in [5.74, 6) is -0.278. The first-order valence-electron chi connectivity index (χ1n) is 6.03. The maximum Gasteiger partial charge on any atom is 0.267 e. The van der Waals surface area contributed by atoms with Crippen molar-refractivity contribution >= 4 is 12.0 Å².